The Hall–Kier alpha value is -1.86. The molecule has 0 saturated carbocycles. The molecule has 1 aliphatic carbocycles. The van der Waals surface area contributed by atoms with Crippen LogP contribution >= 0.6 is 0 Å². The standard InChI is InChI=1S/C24H32O/c1-3-5-11-20-25-21-24(17-8-6-9-18-24)19-10-7-12-23-15-13-22(4-2)14-16-23/h4,6-10,13-17H,2-3,5,11-12,18-21H2,1H3. The lowest BCUT2D eigenvalue weighted by Gasteiger charge is -2.30. The highest BCUT2D eigenvalue weighted by Crippen LogP contribution is 2.33. The molecule has 0 heterocycles. The van der Waals surface area contributed by atoms with Gasteiger partial charge < -0.3 is 4.74 Å². The van der Waals surface area contributed by atoms with Crippen LogP contribution in [0.4, 0.5) is 0 Å². The van der Waals surface area contributed by atoms with Gasteiger partial charge in [-0.25, -0.2) is 0 Å². The molecular weight excluding hydrogens is 304 g/mol. The van der Waals surface area contributed by atoms with E-state index in [2.05, 4.69) is 74.2 Å². The number of benzene rings is 1. The zero-order valence-electron chi connectivity index (χ0n) is 15.6. The molecule has 1 aromatic rings. The molecule has 2 rings (SSSR count). The monoisotopic (exact) mass is 336 g/mol. The van der Waals surface area contributed by atoms with Gasteiger partial charge >= 0.3 is 0 Å². The van der Waals surface area contributed by atoms with E-state index in [0.29, 0.717) is 0 Å². The SMILES string of the molecule is C=Cc1ccc(CC=CCC2(COCCCCC)C=CC=CC2)cc1. The molecule has 0 aromatic heterocycles. The van der Waals surface area contributed by atoms with Crippen LogP contribution in [-0.2, 0) is 11.2 Å². The smallest absolute Gasteiger partial charge is 0.0563 e. The van der Waals surface area contributed by atoms with Gasteiger partial charge in [0, 0.05) is 12.0 Å². The second-order valence-corrected chi connectivity index (χ2v) is 6.94. The van der Waals surface area contributed by atoms with Crippen molar-refractivity contribution in [3.63, 3.8) is 0 Å². The number of unbranched alkanes of at least 4 members (excludes halogenated alkanes) is 2. The van der Waals surface area contributed by atoms with Crippen molar-refractivity contribution in [3.8, 4) is 0 Å². The lowest BCUT2D eigenvalue weighted by atomic mass is 9.79. The number of hydrogen-bond acceptors (Lipinski definition) is 1. The van der Waals surface area contributed by atoms with Gasteiger partial charge in [0.05, 0.1) is 6.61 Å². The topological polar surface area (TPSA) is 9.23 Å². The van der Waals surface area contributed by atoms with E-state index in [0.717, 1.165) is 32.5 Å². The van der Waals surface area contributed by atoms with Gasteiger partial charge in [0.25, 0.3) is 0 Å². The predicted molar refractivity (Wildman–Crippen MR) is 110 cm³/mol. The fraction of sp³-hybridized carbons (Fsp3) is 0.417. The number of rotatable bonds is 11. The molecular formula is C24H32O. The number of ether oxygens (including phenoxy) is 1. The summed E-state index contributed by atoms with van der Waals surface area (Å²) in [5.74, 6) is 0. The van der Waals surface area contributed by atoms with Crippen LogP contribution in [0.25, 0.3) is 6.08 Å². The fourth-order valence-corrected chi connectivity index (χ4v) is 3.08. The van der Waals surface area contributed by atoms with Gasteiger partial charge in [-0.2, -0.15) is 0 Å². The zero-order chi connectivity index (χ0) is 17.8. The van der Waals surface area contributed by atoms with Crippen molar-refractivity contribution in [2.45, 2.75) is 45.4 Å². The van der Waals surface area contributed by atoms with Gasteiger partial charge in [0.2, 0.25) is 0 Å². The largest absolute Gasteiger partial charge is 0.381 e. The third-order valence-electron chi connectivity index (χ3n) is 4.76. The summed E-state index contributed by atoms with van der Waals surface area (Å²) in [6, 6.07) is 8.60. The Kier molecular flexibility index (Phi) is 8.48. The molecule has 1 aromatic carbocycles. The highest BCUT2D eigenvalue weighted by Gasteiger charge is 2.26. The molecule has 0 saturated heterocycles. The van der Waals surface area contributed by atoms with Crippen LogP contribution in [0.1, 0.15) is 50.2 Å². The molecule has 0 amide bonds. The molecule has 0 N–H and O–H groups in total. The van der Waals surface area contributed by atoms with Gasteiger partial charge in [-0.15, -0.1) is 0 Å². The van der Waals surface area contributed by atoms with Gasteiger partial charge in [-0.3, -0.25) is 0 Å². The second kappa shape index (κ2) is 10.9. The molecule has 1 atom stereocenters. The van der Waals surface area contributed by atoms with Crippen molar-refractivity contribution in [1.82, 2.24) is 0 Å². The normalized spacial score (nSPS) is 19.6. The van der Waals surface area contributed by atoms with Crippen molar-refractivity contribution < 1.29 is 4.74 Å². The lowest BCUT2D eigenvalue weighted by Crippen LogP contribution is -2.25. The maximum Gasteiger partial charge on any atom is 0.0563 e. The minimum absolute atomic E-state index is 0.129. The predicted octanol–water partition coefficient (Wildman–Crippen LogP) is 6.53. The summed E-state index contributed by atoms with van der Waals surface area (Å²) in [6.45, 7) is 7.72. The lowest BCUT2D eigenvalue weighted by molar-refractivity contribution is 0.0670. The van der Waals surface area contributed by atoms with Crippen molar-refractivity contribution in [2.24, 2.45) is 5.41 Å². The van der Waals surface area contributed by atoms with Crippen LogP contribution in [0.5, 0.6) is 0 Å². The first-order valence-corrected chi connectivity index (χ1v) is 9.56. The molecule has 134 valence electrons. The first-order chi connectivity index (χ1) is 12.3. The van der Waals surface area contributed by atoms with Crippen LogP contribution in [0.2, 0.25) is 0 Å². The Balaban J connectivity index is 1.83. The van der Waals surface area contributed by atoms with E-state index < -0.39 is 0 Å². The van der Waals surface area contributed by atoms with E-state index >= 15 is 0 Å². The van der Waals surface area contributed by atoms with E-state index in [1.165, 1.54) is 30.4 Å². The van der Waals surface area contributed by atoms with Crippen molar-refractivity contribution in [2.75, 3.05) is 13.2 Å². The summed E-state index contributed by atoms with van der Waals surface area (Å²) < 4.78 is 5.99. The zero-order valence-corrected chi connectivity index (χ0v) is 15.6. The molecule has 1 aliphatic rings. The van der Waals surface area contributed by atoms with Gasteiger partial charge in [-0.1, -0.05) is 93.1 Å². The Bertz CT molecular complexity index is 591. The van der Waals surface area contributed by atoms with Gasteiger partial charge in [0.1, 0.15) is 0 Å². The minimum atomic E-state index is 0.129. The van der Waals surface area contributed by atoms with Crippen molar-refractivity contribution in [3.05, 3.63) is 78.4 Å². The van der Waals surface area contributed by atoms with Gasteiger partial charge in [0.15, 0.2) is 0 Å². The Morgan fingerprint density at radius 3 is 2.64 bits per heavy atom. The average molecular weight is 337 g/mol. The maximum absolute atomic E-state index is 5.99. The summed E-state index contributed by atoms with van der Waals surface area (Å²) in [6.07, 6.45) is 22.1. The molecule has 0 fully saturated rings. The molecule has 25 heavy (non-hydrogen) atoms. The average Bonchev–Trinajstić information content (AvgIpc) is 2.66. The van der Waals surface area contributed by atoms with Crippen LogP contribution in [0.15, 0.2) is 67.3 Å². The first kappa shape index (κ1) is 19.5. The molecule has 0 aliphatic heterocycles. The highest BCUT2D eigenvalue weighted by molar-refractivity contribution is 5.47. The van der Waals surface area contributed by atoms with E-state index in [-0.39, 0.29) is 5.41 Å². The van der Waals surface area contributed by atoms with Crippen molar-refractivity contribution >= 4 is 6.08 Å². The van der Waals surface area contributed by atoms with E-state index in [9.17, 15) is 0 Å². The van der Waals surface area contributed by atoms with Gasteiger partial charge in [-0.05, 0) is 36.8 Å². The van der Waals surface area contributed by atoms with Crippen molar-refractivity contribution in [1.29, 1.82) is 0 Å². The number of hydrogen-bond donors (Lipinski definition) is 0. The minimum Gasteiger partial charge on any atom is -0.381 e. The first-order valence-electron chi connectivity index (χ1n) is 9.56. The molecule has 0 spiro atoms. The van der Waals surface area contributed by atoms with E-state index in [1.807, 2.05) is 6.08 Å². The quantitative estimate of drug-likeness (QED) is 0.330. The second-order valence-electron chi connectivity index (χ2n) is 6.94. The third-order valence-corrected chi connectivity index (χ3v) is 4.76. The van der Waals surface area contributed by atoms with Crippen LogP contribution in [0.3, 0.4) is 0 Å². The van der Waals surface area contributed by atoms with Crippen LogP contribution in [-0.4, -0.2) is 13.2 Å². The maximum atomic E-state index is 5.99. The Morgan fingerprint density at radius 1 is 1.12 bits per heavy atom. The molecule has 1 heteroatoms. The Morgan fingerprint density at radius 2 is 1.96 bits per heavy atom. The molecule has 1 unspecified atom stereocenters. The summed E-state index contributed by atoms with van der Waals surface area (Å²) >= 11 is 0. The van der Waals surface area contributed by atoms with Crippen LogP contribution < -0.4 is 0 Å². The summed E-state index contributed by atoms with van der Waals surface area (Å²) in [5, 5.41) is 0. The van der Waals surface area contributed by atoms with E-state index in [4.69, 9.17) is 4.74 Å². The molecule has 0 bridgehead atoms. The highest BCUT2D eigenvalue weighted by atomic mass is 16.5. The fourth-order valence-electron chi connectivity index (χ4n) is 3.08. The summed E-state index contributed by atoms with van der Waals surface area (Å²) in [5.41, 5.74) is 2.64. The van der Waals surface area contributed by atoms with E-state index in [1.54, 1.807) is 0 Å². The summed E-state index contributed by atoms with van der Waals surface area (Å²) in [4.78, 5) is 0. The molecule has 1 nitrogen and oxygen atoms in total. The van der Waals surface area contributed by atoms with Crippen LogP contribution in [0, 0.1) is 5.41 Å². The Labute approximate surface area is 153 Å². The molecule has 0 radical (unpaired) electrons. The summed E-state index contributed by atoms with van der Waals surface area (Å²) in [7, 11) is 0. The third kappa shape index (κ3) is 6.88. The number of allylic oxidation sites excluding steroid dienone is 5.